The smallest absolute Gasteiger partial charge is 0.238 e. The molecule has 28 heavy (non-hydrogen) atoms. The van der Waals surface area contributed by atoms with Crippen LogP contribution in [0.3, 0.4) is 0 Å². The van der Waals surface area contributed by atoms with Crippen molar-refractivity contribution in [2.24, 2.45) is 5.14 Å². The Bertz CT molecular complexity index is 1100. The maximum atomic E-state index is 11.7. The Labute approximate surface area is 170 Å². The minimum Gasteiger partial charge on any atom is -0.327 e. The van der Waals surface area contributed by atoms with Gasteiger partial charge in [0, 0.05) is 24.0 Å². The molecule has 1 aromatic carbocycles. The number of aromatic nitrogens is 2. The Hall–Kier alpha value is -1.74. The second-order valence-corrected chi connectivity index (χ2v) is 9.99. The number of nitrogens with zero attached hydrogens (tertiary/aromatic N) is 3. The van der Waals surface area contributed by atoms with Gasteiger partial charge in [0.15, 0.2) is 0 Å². The number of fused-ring (bicyclic) bond motifs is 2. The number of aryl methyl sites for hydroxylation is 1. The van der Waals surface area contributed by atoms with Crippen molar-refractivity contribution < 1.29 is 8.42 Å². The highest BCUT2D eigenvalue weighted by Crippen LogP contribution is 2.34. The summed E-state index contributed by atoms with van der Waals surface area (Å²) in [6.45, 7) is 7.06. The molecule has 0 unspecified atom stereocenters. The number of benzene rings is 1. The molecule has 1 aliphatic rings. The first-order valence-corrected chi connectivity index (χ1v) is 12.1. The number of nitrogens with two attached hydrogens (primary N) is 1. The fourth-order valence-corrected chi connectivity index (χ4v) is 5.48. The molecule has 0 saturated carbocycles. The number of rotatable bonds is 6. The van der Waals surface area contributed by atoms with E-state index in [9.17, 15) is 8.42 Å². The SMILES string of the molecule is CCCCn1c(CN2CCc3sccc3[C@@H]2C)nc2cc(S(N)(=O)=O)ccc21. The van der Waals surface area contributed by atoms with Gasteiger partial charge in [-0.2, -0.15) is 0 Å². The van der Waals surface area contributed by atoms with E-state index >= 15 is 0 Å². The Kier molecular flexibility index (Phi) is 5.30. The molecule has 1 atom stereocenters. The molecule has 0 radical (unpaired) electrons. The Morgan fingerprint density at radius 2 is 2.14 bits per heavy atom. The van der Waals surface area contributed by atoms with Crippen LogP contribution >= 0.6 is 11.3 Å². The average Bonchev–Trinajstić information content (AvgIpc) is 3.26. The molecule has 0 fully saturated rings. The lowest BCUT2D eigenvalue weighted by Gasteiger charge is -2.33. The van der Waals surface area contributed by atoms with Crippen molar-refractivity contribution in [1.29, 1.82) is 0 Å². The van der Waals surface area contributed by atoms with E-state index in [4.69, 9.17) is 10.1 Å². The highest BCUT2D eigenvalue weighted by Gasteiger charge is 2.26. The number of sulfonamides is 1. The highest BCUT2D eigenvalue weighted by molar-refractivity contribution is 7.89. The van der Waals surface area contributed by atoms with E-state index in [2.05, 4.69) is 34.8 Å². The van der Waals surface area contributed by atoms with Crippen LogP contribution in [0.15, 0.2) is 34.5 Å². The van der Waals surface area contributed by atoms with E-state index in [1.807, 2.05) is 17.4 Å². The third-order valence-electron chi connectivity index (χ3n) is 5.61. The van der Waals surface area contributed by atoms with Gasteiger partial charge < -0.3 is 4.57 Å². The zero-order valence-electron chi connectivity index (χ0n) is 16.3. The Morgan fingerprint density at radius 3 is 2.89 bits per heavy atom. The second kappa shape index (κ2) is 7.59. The van der Waals surface area contributed by atoms with Gasteiger partial charge in [-0.25, -0.2) is 18.5 Å². The molecular formula is C20H26N4O2S2. The topological polar surface area (TPSA) is 81.2 Å². The summed E-state index contributed by atoms with van der Waals surface area (Å²) in [7, 11) is -3.74. The van der Waals surface area contributed by atoms with Gasteiger partial charge >= 0.3 is 0 Å². The van der Waals surface area contributed by atoms with E-state index in [1.165, 1.54) is 10.4 Å². The molecule has 8 heteroatoms. The molecule has 0 bridgehead atoms. The summed E-state index contributed by atoms with van der Waals surface area (Å²) < 4.78 is 25.7. The lowest BCUT2D eigenvalue weighted by atomic mass is 10.0. The first kappa shape index (κ1) is 19.6. The van der Waals surface area contributed by atoms with Crippen LogP contribution in [0.5, 0.6) is 0 Å². The maximum Gasteiger partial charge on any atom is 0.238 e. The van der Waals surface area contributed by atoms with Gasteiger partial charge in [0.2, 0.25) is 10.0 Å². The molecule has 0 aliphatic carbocycles. The predicted octanol–water partition coefficient (Wildman–Crippen LogP) is 3.66. The lowest BCUT2D eigenvalue weighted by Crippen LogP contribution is -2.33. The molecule has 0 amide bonds. The fraction of sp³-hybridized carbons (Fsp3) is 0.450. The van der Waals surface area contributed by atoms with Crippen molar-refractivity contribution in [1.82, 2.24) is 14.5 Å². The Morgan fingerprint density at radius 1 is 1.32 bits per heavy atom. The highest BCUT2D eigenvalue weighted by atomic mass is 32.2. The quantitative estimate of drug-likeness (QED) is 0.662. The monoisotopic (exact) mass is 418 g/mol. The number of unbranched alkanes of at least 4 members (excludes halogenated alkanes) is 1. The van der Waals surface area contributed by atoms with Gasteiger partial charge in [-0.05, 0) is 55.0 Å². The molecule has 0 saturated heterocycles. The molecule has 150 valence electrons. The molecule has 4 rings (SSSR count). The number of imidazole rings is 1. The van der Waals surface area contributed by atoms with Gasteiger partial charge in [-0.3, -0.25) is 4.90 Å². The van der Waals surface area contributed by atoms with Crippen LogP contribution in [-0.4, -0.2) is 29.4 Å². The predicted molar refractivity (Wildman–Crippen MR) is 113 cm³/mol. The van der Waals surface area contributed by atoms with Crippen molar-refractivity contribution >= 4 is 32.4 Å². The number of hydrogen-bond donors (Lipinski definition) is 1. The lowest BCUT2D eigenvalue weighted by molar-refractivity contribution is 0.184. The van der Waals surface area contributed by atoms with Crippen LogP contribution in [0.2, 0.25) is 0 Å². The van der Waals surface area contributed by atoms with Gasteiger partial charge in [0.25, 0.3) is 0 Å². The van der Waals surface area contributed by atoms with Crippen molar-refractivity contribution in [3.8, 4) is 0 Å². The molecule has 0 spiro atoms. The molecule has 1 aliphatic heterocycles. The summed E-state index contributed by atoms with van der Waals surface area (Å²) in [6.07, 6.45) is 3.22. The first-order chi connectivity index (χ1) is 13.4. The van der Waals surface area contributed by atoms with Crippen LogP contribution in [0.25, 0.3) is 11.0 Å². The first-order valence-electron chi connectivity index (χ1n) is 9.70. The summed E-state index contributed by atoms with van der Waals surface area (Å²) in [6, 6.07) is 7.59. The summed E-state index contributed by atoms with van der Waals surface area (Å²) in [5.41, 5.74) is 3.08. The van der Waals surface area contributed by atoms with Crippen LogP contribution < -0.4 is 5.14 Å². The molecule has 2 N–H and O–H groups in total. The van der Waals surface area contributed by atoms with E-state index in [1.54, 1.807) is 12.1 Å². The third kappa shape index (κ3) is 3.61. The van der Waals surface area contributed by atoms with Crippen LogP contribution in [0.4, 0.5) is 0 Å². The van der Waals surface area contributed by atoms with E-state index in [0.29, 0.717) is 11.6 Å². The van der Waals surface area contributed by atoms with Gasteiger partial charge in [0.1, 0.15) is 5.82 Å². The standard InChI is InChI=1S/C20H26N4O2S2/c1-3-4-9-24-18-6-5-15(28(21,25)26)12-17(18)22-20(24)13-23-10-7-19-16(14(23)2)8-11-27-19/h5-6,8,11-12,14H,3-4,7,9-10,13H2,1-2H3,(H2,21,25,26)/t14-/m0/s1. The van der Waals surface area contributed by atoms with Gasteiger partial charge in [-0.1, -0.05) is 13.3 Å². The normalized spacial score (nSPS) is 17.9. The zero-order valence-corrected chi connectivity index (χ0v) is 17.9. The van der Waals surface area contributed by atoms with Crippen molar-refractivity contribution in [3.05, 3.63) is 45.9 Å². The summed E-state index contributed by atoms with van der Waals surface area (Å²) in [5, 5.41) is 7.48. The number of primary sulfonamides is 1. The second-order valence-electron chi connectivity index (χ2n) is 7.42. The molecule has 3 aromatic rings. The Balaban J connectivity index is 1.71. The number of thiophene rings is 1. The van der Waals surface area contributed by atoms with Crippen molar-refractivity contribution in [2.45, 2.75) is 57.1 Å². The number of hydrogen-bond acceptors (Lipinski definition) is 5. The van der Waals surface area contributed by atoms with Crippen LogP contribution in [-0.2, 0) is 29.5 Å². The summed E-state index contributed by atoms with van der Waals surface area (Å²) >= 11 is 1.84. The minimum absolute atomic E-state index is 0.112. The van der Waals surface area contributed by atoms with Gasteiger partial charge in [0.05, 0.1) is 22.5 Å². The largest absolute Gasteiger partial charge is 0.327 e. The average molecular weight is 419 g/mol. The van der Waals surface area contributed by atoms with Crippen LogP contribution in [0, 0.1) is 0 Å². The van der Waals surface area contributed by atoms with E-state index in [-0.39, 0.29) is 4.90 Å². The molecular weight excluding hydrogens is 392 g/mol. The van der Waals surface area contributed by atoms with Crippen molar-refractivity contribution in [2.75, 3.05) is 6.54 Å². The van der Waals surface area contributed by atoms with E-state index in [0.717, 1.165) is 50.2 Å². The summed E-state index contributed by atoms with van der Waals surface area (Å²) in [4.78, 5) is 8.87. The third-order valence-corrected chi connectivity index (χ3v) is 7.52. The van der Waals surface area contributed by atoms with E-state index < -0.39 is 10.0 Å². The van der Waals surface area contributed by atoms with Gasteiger partial charge in [-0.15, -0.1) is 11.3 Å². The summed E-state index contributed by atoms with van der Waals surface area (Å²) in [5.74, 6) is 0.987. The minimum atomic E-state index is -3.74. The van der Waals surface area contributed by atoms with Crippen molar-refractivity contribution in [3.63, 3.8) is 0 Å². The molecule has 3 heterocycles. The molecule has 2 aromatic heterocycles. The molecule has 6 nitrogen and oxygen atoms in total. The van der Waals surface area contributed by atoms with Crippen LogP contribution in [0.1, 0.15) is 49.0 Å². The maximum absolute atomic E-state index is 11.7. The zero-order chi connectivity index (χ0) is 19.9. The fourth-order valence-electron chi connectivity index (χ4n) is 3.98.